The minimum Gasteiger partial charge on any atom is -0.358 e. The Bertz CT molecular complexity index is 254. The summed E-state index contributed by atoms with van der Waals surface area (Å²) in [7, 11) is 0. The summed E-state index contributed by atoms with van der Waals surface area (Å²) in [6.07, 6.45) is 4.57. The third kappa shape index (κ3) is 2.69. The molecule has 0 amide bonds. The monoisotopic (exact) mass is 211 g/mol. The Morgan fingerprint density at radius 2 is 2.36 bits per heavy atom. The highest BCUT2D eigenvalue weighted by molar-refractivity contribution is 7.13. The lowest BCUT2D eigenvalue weighted by Crippen LogP contribution is -2.32. The fourth-order valence-corrected chi connectivity index (χ4v) is 2.55. The van der Waals surface area contributed by atoms with Crippen LogP contribution in [-0.2, 0) is 0 Å². The maximum absolute atomic E-state index is 4.22. The smallest absolute Gasteiger partial charge is 0.182 e. The Kier molecular flexibility index (Phi) is 3.37. The average Bonchev–Trinajstić information content (AvgIpc) is 2.76. The Hall–Kier alpha value is -0.610. The van der Waals surface area contributed by atoms with Crippen molar-refractivity contribution in [2.24, 2.45) is 0 Å². The van der Waals surface area contributed by atoms with Crippen molar-refractivity contribution in [2.75, 3.05) is 25.0 Å². The number of hydrogen-bond acceptors (Lipinski definition) is 4. The molecule has 4 heteroatoms. The van der Waals surface area contributed by atoms with Crippen LogP contribution in [0.3, 0.4) is 0 Å². The Morgan fingerprint density at radius 1 is 1.57 bits per heavy atom. The molecule has 0 aromatic carbocycles. The van der Waals surface area contributed by atoms with Crippen molar-refractivity contribution in [3.63, 3.8) is 0 Å². The first-order chi connectivity index (χ1) is 6.84. The number of nitrogens with one attached hydrogen (secondary N) is 1. The molecule has 2 rings (SSSR count). The predicted octanol–water partition coefficient (Wildman–Crippen LogP) is 2.04. The number of nitrogens with zero attached hydrogens (tertiary/aromatic N) is 2. The molecule has 1 aliphatic heterocycles. The van der Waals surface area contributed by atoms with Crippen LogP contribution < -0.4 is 5.32 Å². The fraction of sp³-hybridized carbons (Fsp3) is 0.700. The molecule has 0 saturated carbocycles. The van der Waals surface area contributed by atoms with Gasteiger partial charge in [-0.25, -0.2) is 4.98 Å². The van der Waals surface area contributed by atoms with E-state index in [1.54, 1.807) is 11.3 Å². The van der Waals surface area contributed by atoms with Crippen molar-refractivity contribution in [3.8, 4) is 0 Å². The highest BCUT2D eigenvalue weighted by atomic mass is 32.1. The zero-order chi connectivity index (χ0) is 9.80. The van der Waals surface area contributed by atoms with Gasteiger partial charge in [-0.3, -0.25) is 0 Å². The maximum atomic E-state index is 4.22. The molecule has 78 valence electrons. The lowest BCUT2D eigenvalue weighted by atomic mass is 10.3. The van der Waals surface area contributed by atoms with Crippen LogP contribution in [-0.4, -0.2) is 35.6 Å². The predicted molar refractivity (Wildman–Crippen MR) is 60.9 cm³/mol. The second-order valence-electron chi connectivity index (χ2n) is 3.89. The molecule has 1 aromatic rings. The van der Waals surface area contributed by atoms with Gasteiger partial charge in [0.15, 0.2) is 5.13 Å². The van der Waals surface area contributed by atoms with Gasteiger partial charge >= 0.3 is 0 Å². The van der Waals surface area contributed by atoms with Crippen molar-refractivity contribution < 1.29 is 0 Å². The highest BCUT2D eigenvalue weighted by Crippen LogP contribution is 2.13. The summed E-state index contributed by atoms with van der Waals surface area (Å²) in [4.78, 5) is 6.74. The van der Waals surface area contributed by atoms with Gasteiger partial charge in [0, 0.05) is 24.2 Å². The van der Waals surface area contributed by atoms with E-state index in [-0.39, 0.29) is 0 Å². The molecule has 0 radical (unpaired) electrons. The van der Waals surface area contributed by atoms with Gasteiger partial charge in [-0.05, 0) is 32.9 Å². The Labute approximate surface area is 89.1 Å². The van der Waals surface area contributed by atoms with E-state index in [1.807, 2.05) is 11.6 Å². The van der Waals surface area contributed by atoms with Gasteiger partial charge in [0.1, 0.15) is 0 Å². The molecule has 1 aliphatic rings. The molecule has 0 aliphatic carbocycles. The van der Waals surface area contributed by atoms with Gasteiger partial charge in [0.2, 0.25) is 0 Å². The van der Waals surface area contributed by atoms with Crippen LogP contribution in [0.4, 0.5) is 5.13 Å². The molecule has 1 unspecified atom stereocenters. The van der Waals surface area contributed by atoms with Crippen LogP contribution in [0.1, 0.15) is 19.8 Å². The van der Waals surface area contributed by atoms with E-state index >= 15 is 0 Å². The third-order valence-corrected chi connectivity index (χ3v) is 3.24. The number of aromatic nitrogens is 1. The van der Waals surface area contributed by atoms with Crippen molar-refractivity contribution >= 4 is 16.5 Å². The molecule has 2 heterocycles. The van der Waals surface area contributed by atoms with Crippen LogP contribution in [0.15, 0.2) is 11.6 Å². The molecule has 1 saturated heterocycles. The first-order valence-corrected chi connectivity index (χ1v) is 6.11. The second kappa shape index (κ2) is 4.75. The van der Waals surface area contributed by atoms with Gasteiger partial charge in [-0.15, -0.1) is 11.3 Å². The number of hydrogen-bond donors (Lipinski definition) is 1. The van der Waals surface area contributed by atoms with E-state index in [2.05, 4.69) is 22.1 Å². The van der Waals surface area contributed by atoms with E-state index in [9.17, 15) is 0 Å². The second-order valence-corrected chi connectivity index (χ2v) is 4.78. The van der Waals surface area contributed by atoms with E-state index in [0.717, 1.165) is 11.7 Å². The van der Waals surface area contributed by atoms with Crippen molar-refractivity contribution in [3.05, 3.63) is 11.6 Å². The molecule has 0 bridgehead atoms. The summed E-state index contributed by atoms with van der Waals surface area (Å²) in [6, 6.07) is 0.499. The first kappa shape index (κ1) is 9.93. The van der Waals surface area contributed by atoms with Crippen molar-refractivity contribution in [2.45, 2.75) is 25.8 Å². The Balaban J connectivity index is 1.75. The number of thiazole rings is 1. The largest absolute Gasteiger partial charge is 0.358 e. The zero-order valence-electron chi connectivity index (χ0n) is 8.57. The SMILES string of the molecule is CC(CN1CCCC1)Nc1nccs1. The third-order valence-electron chi connectivity index (χ3n) is 2.53. The van der Waals surface area contributed by atoms with E-state index in [1.165, 1.54) is 25.9 Å². The van der Waals surface area contributed by atoms with E-state index < -0.39 is 0 Å². The molecule has 0 spiro atoms. The molecular weight excluding hydrogens is 194 g/mol. The average molecular weight is 211 g/mol. The van der Waals surface area contributed by atoms with Crippen LogP contribution in [0, 0.1) is 0 Å². The first-order valence-electron chi connectivity index (χ1n) is 5.23. The van der Waals surface area contributed by atoms with Crippen LogP contribution >= 0.6 is 11.3 Å². The molecule has 3 nitrogen and oxygen atoms in total. The lowest BCUT2D eigenvalue weighted by molar-refractivity contribution is 0.328. The van der Waals surface area contributed by atoms with E-state index in [4.69, 9.17) is 0 Å². The molecule has 14 heavy (non-hydrogen) atoms. The summed E-state index contributed by atoms with van der Waals surface area (Å²) in [6.45, 7) is 5.90. The fourth-order valence-electron chi connectivity index (χ4n) is 1.90. The zero-order valence-corrected chi connectivity index (χ0v) is 9.39. The number of likely N-dealkylation sites (tertiary alicyclic amines) is 1. The molecule has 1 fully saturated rings. The quantitative estimate of drug-likeness (QED) is 0.826. The summed E-state index contributed by atoms with van der Waals surface area (Å²) in [5, 5.41) is 6.46. The van der Waals surface area contributed by atoms with Crippen molar-refractivity contribution in [1.82, 2.24) is 9.88 Å². The standard InChI is InChI=1S/C10H17N3S/c1-9(8-13-5-2-3-6-13)12-10-11-4-7-14-10/h4,7,9H,2-3,5-6,8H2,1H3,(H,11,12). The lowest BCUT2D eigenvalue weighted by Gasteiger charge is -2.20. The van der Waals surface area contributed by atoms with E-state index in [0.29, 0.717) is 6.04 Å². The minimum absolute atomic E-state index is 0.499. The number of rotatable bonds is 4. The molecular formula is C10H17N3S. The van der Waals surface area contributed by atoms with Crippen LogP contribution in [0.5, 0.6) is 0 Å². The normalized spacial score (nSPS) is 19.8. The minimum atomic E-state index is 0.499. The van der Waals surface area contributed by atoms with Crippen LogP contribution in [0.25, 0.3) is 0 Å². The van der Waals surface area contributed by atoms with Gasteiger partial charge < -0.3 is 10.2 Å². The molecule has 1 aromatic heterocycles. The van der Waals surface area contributed by atoms with Gasteiger partial charge in [-0.1, -0.05) is 0 Å². The molecule has 1 atom stereocenters. The summed E-state index contributed by atoms with van der Waals surface area (Å²) in [5.74, 6) is 0. The maximum Gasteiger partial charge on any atom is 0.182 e. The van der Waals surface area contributed by atoms with Gasteiger partial charge in [0.05, 0.1) is 0 Å². The summed E-state index contributed by atoms with van der Waals surface area (Å²) >= 11 is 1.67. The van der Waals surface area contributed by atoms with Gasteiger partial charge in [0.25, 0.3) is 0 Å². The number of anilines is 1. The summed E-state index contributed by atoms with van der Waals surface area (Å²) < 4.78 is 0. The Morgan fingerprint density at radius 3 is 3.00 bits per heavy atom. The summed E-state index contributed by atoms with van der Waals surface area (Å²) in [5.41, 5.74) is 0. The topological polar surface area (TPSA) is 28.2 Å². The highest BCUT2D eigenvalue weighted by Gasteiger charge is 2.14. The van der Waals surface area contributed by atoms with Crippen molar-refractivity contribution in [1.29, 1.82) is 0 Å². The molecule has 1 N–H and O–H groups in total. The van der Waals surface area contributed by atoms with Crippen LogP contribution in [0.2, 0.25) is 0 Å². The van der Waals surface area contributed by atoms with Gasteiger partial charge in [-0.2, -0.15) is 0 Å².